The van der Waals surface area contributed by atoms with Crippen molar-refractivity contribution >= 4 is 11.7 Å². The van der Waals surface area contributed by atoms with Crippen LogP contribution in [0.3, 0.4) is 0 Å². The fourth-order valence-electron chi connectivity index (χ4n) is 1.92. The molecule has 0 atom stereocenters. The first kappa shape index (κ1) is 13.9. The number of pyridine rings is 1. The average Bonchev–Trinajstić information content (AvgIpc) is 3.10. The molecule has 0 aromatic carbocycles. The molecule has 22 heavy (non-hydrogen) atoms. The van der Waals surface area contributed by atoms with Crippen LogP contribution in [0.5, 0.6) is 0 Å². The second kappa shape index (κ2) is 6.17. The van der Waals surface area contributed by atoms with E-state index >= 15 is 0 Å². The van der Waals surface area contributed by atoms with Crippen molar-refractivity contribution in [3.63, 3.8) is 0 Å². The van der Waals surface area contributed by atoms with Gasteiger partial charge in [-0.15, -0.1) is 0 Å². The van der Waals surface area contributed by atoms with Crippen LogP contribution in [-0.4, -0.2) is 20.9 Å². The Morgan fingerprint density at radius 3 is 2.86 bits per heavy atom. The van der Waals surface area contributed by atoms with Gasteiger partial charge in [-0.1, -0.05) is 6.92 Å². The zero-order valence-electron chi connectivity index (χ0n) is 12.0. The van der Waals surface area contributed by atoms with Crippen molar-refractivity contribution in [3.8, 4) is 22.8 Å². The maximum Gasteiger partial charge on any atom is 0.225 e. The van der Waals surface area contributed by atoms with E-state index in [9.17, 15) is 4.79 Å². The summed E-state index contributed by atoms with van der Waals surface area (Å²) in [6, 6.07) is 8.98. The minimum Gasteiger partial charge on any atom is -0.461 e. The Kier molecular flexibility index (Phi) is 3.91. The third kappa shape index (κ3) is 3.01. The number of anilines is 1. The molecule has 0 saturated heterocycles. The minimum atomic E-state index is -0.110. The molecule has 0 spiro atoms. The molecule has 6 heteroatoms. The van der Waals surface area contributed by atoms with Crippen LogP contribution in [0.15, 0.2) is 53.4 Å². The SMILES string of the molecule is CCC(=O)Nc1cc(-c2cccnc2)nc(-c2ccco2)n1. The smallest absolute Gasteiger partial charge is 0.225 e. The summed E-state index contributed by atoms with van der Waals surface area (Å²) in [6.45, 7) is 1.78. The summed E-state index contributed by atoms with van der Waals surface area (Å²) < 4.78 is 5.34. The Labute approximate surface area is 127 Å². The Balaban J connectivity index is 2.07. The van der Waals surface area contributed by atoms with Crippen molar-refractivity contribution < 1.29 is 9.21 Å². The molecule has 0 aliphatic heterocycles. The van der Waals surface area contributed by atoms with Crippen LogP contribution in [-0.2, 0) is 4.79 Å². The van der Waals surface area contributed by atoms with E-state index in [0.717, 1.165) is 5.56 Å². The van der Waals surface area contributed by atoms with Crippen LogP contribution in [0, 0.1) is 0 Å². The van der Waals surface area contributed by atoms with E-state index in [0.29, 0.717) is 29.5 Å². The number of aromatic nitrogens is 3. The maximum absolute atomic E-state index is 11.6. The second-order valence-electron chi connectivity index (χ2n) is 4.58. The predicted octanol–water partition coefficient (Wildman–Crippen LogP) is 3.15. The Morgan fingerprint density at radius 2 is 2.18 bits per heavy atom. The number of carbonyl (C=O) groups is 1. The van der Waals surface area contributed by atoms with Gasteiger partial charge >= 0.3 is 0 Å². The number of rotatable bonds is 4. The van der Waals surface area contributed by atoms with Gasteiger partial charge in [-0.2, -0.15) is 0 Å². The molecule has 3 heterocycles. The van der Waals surface area contributed by atoms with Gasteiger partial charge in [-0.3, -0.25) is 9.78 Å². The standard InChI is InChI=1S/C16H14N4O2/c1-2-15(21)19-14-9-12(11-5-3-7-17-10-11)18-16(20-14)13-6-4-8-22-13/h3-10H,2H2,1H3,(H,18,19,20,21). The van der Waals surface area contributed by atoms with E-state index in [4.69, 9.17) is 4.42 Å². The van der Waals surface area contributed by atoms with Crippen molar-refractivity contribution in [1.29, 1.82) is 0 Å². The summed E-state index contributed by atoms with van der Waals surface area (Å²) in [5, 5.41) is 2.75. The highest BCUT2D eigenvalue weighted by Crippen LogP contribution is 2.24. The number of nitrogens with one attached hydrogen (secondary N) is 1. The molecular formula is C16H14N4O2. The Bertz CT molecular complexity index is 770. The lowest BCUT2D eigenvalue weighted by molar-refractivity contribution is -0.115. The van der Waals surface area contributed by atoms with Crippen LogP contribution in [0.4, 0.5) is 5.82 Å². The number of hydrogen-bond donors (Lipinski definition) is 1. The van der Waals surface area contributed by atoms with Gasteiger partial charge in [0.15, 0.2) is 11.6 Å². The Hall–Kier alpha value is -3.02. The predicted molar refractivity (Wildman–Crippen MR) is 81.9 cm³/mol. The summed E-state index contributed by atoms with van der Waals surface area (Å²) in [5.74, 6) is 1.28. The monoisotopic (exact) mass is 294 g/mol. The average molecular weight is 294 g/mol. The van der Waals surface area contributed by atoms with Gasteiger partial charge in [0, 0.05) is 30.4 Å². The lowest BCUT2D eigenvalue weighted by Gasteiger charge is -2.08. The van der Waals surface area contributed by atoms with E-state index in [-0.39, 0.29) is 5.91 Å². The highest BCUT2D eigenvalue weighted by Gasteiger charge is 2.12. The molecule has 6 nitrogen and oxygen atoms in total. The van der Waals surface area contributed by atoms with Crippen molar-refractivity contribution in [2.45, 2.75) is 13.3 Å². The molecule has 0 unspecified atom stereocenters. The molecule has 0 saturated carbocycles. The summed E-state index contributed by atoms with van der Waals surface area (Å²) in [6.07, 6.45) is 5.33. The van der Waals surface area contributed by atoms with Crippen LogP contribution in [0.25, 0.3) is 22.8 Å². The van der Waals surface area contributed by atoms with Crippen LogP contribution >= 0.6 is 0 Å². The topological polar surface area (TPSA) is 80.9 Å². The molecule has 0 fully saturated rings. The van der Waals surface area contributed by atoms with Crippen LogP contribution in [0.2, 0.25) is 0 Å². The van der Waals surface area contributed by atoms with E-state index in [1.54, 1.807) is 43.8 Å². The molecular weight excluding hydrogens is 280 g/mol. The number of furan rings is 1. The van der Waals surface area contributed by atoms with Gasteiger partial charge in [0.25, 0.3) is 0 Å². The summed E-state index contributed by atoms with van der Waals surface area (Å²) >= 11 is 0. The third-order valence-corrected chi connectivity index (χ3v) is 3.01. The van der Waals surface area contributed by atoms with Crippen molar-refractivity contribution in [2.75, 3.05) is 5.32 Å². The van der Waals surface area contributed by atoms with Crippen LogP contribution < -0.4 is 5.32 Å². The van der Waals surface area contributed by atoms with Gasteiger partial charge in [0.05, 0.1) is 12.0 Å². The number of carbonyl (C=O) groups excluding carboxylic acids is 1. The molecule has 3 aromatic rings. The lowest BCUT2D eigenvalue weighted by Crippen LogP contribution is -2.11. The molecule has 0 aliphatic rings. The lowest BCUT2D eigenvalue weighted by atomic mass is 10.2. The van der Waals surface area contributed by atoms with Crippen molar-refractivity contribution in [1.82, 2.24) is 15.0 Å². The van der Waals surface area contributed by atoms with E-state index < -0.39 is 0 Å². The van der Waals surface area contributed by atoms with Gasteiger partial charge in [0.1, 0.15) is 5.82 Å². The first-order valence-electron chi connectivity index (χ1n) is 6.89. The van der Waals surface area contributed by atoms with Crippen molar-refractivity contribution in [2.24, 2.45) is 0 Å². The summed E-state index contributed by atoms with van der Waals surface area (Å²) in [4.78, 5) is 24.5. The summed E-state index contributed by atoms with van der Waals surface area (Å²) in [7, 11) is 0. The fraction of sp³-hybridized carbons (Fsp3) is 0.125. The molecule has 3 aromatic heterocycles. The maximum atomic E-state index is 11.6. The molecule has 110 valence electrons. The van der Waals surface area contributed by atoms with E-state index in [1.807, 2.05) is 12.1 Å². The largest absolute Gasteiger partial charge is 0.461 e. The van der Waals surface area contributed by atoms with Gasteiger partial charge < -0.3 is 9.73 Å². The number of amides is 1. The third-order valence-electron chi connectivity index (χ3n) is 3.01. The molecule has 0 aliphatic carbocycles. The zero-order chi connectivity index (χ0) is 15.4. The van der Waals surface area contributed by atoms with Gasteiger partial charge in [0.2, 0.25) is 5.91 Å². The minimum absolute atomic E-state index is 0.110. The first-order valence-corrected chi connectivity index (χ1v) is 6.89. The molecule has 0 radical (unpaired) electrons. The van der Waals surface area contributed by atoms with Gasteiger partial charge in [-0.05, 0) is 24.3 Å². The first-order chi connectivity index (χ1) is 10.8. The summed E-state index contributed by atoms with van der Waals surface area (Å²) in [5.41, 5.74) is 1.51. The van der Waals surface area contributed by atoms with E-state index in [1.165, 1.54) is 0 Å². The normalized spacial score (nSPS) is 10.4. The number of nitrogens with zero attached hydrogens (tertiary/aromatic N) is 3. The second-order valence-corrected chi connectivity index (χ2v) is 4.58. The highest BCUT2D eigenvalue weighted by molar-refractivity contribution is 5.90. The number of hydrogen-bond acceptors (Lipinski definition) is 5. The van der Waals surface area contributed by atoms with Crippen LogP contribution in [0.1, 0.15) is 13.3 Å². The Morgan fingerprint density at radius 1 is 1.27 bits per heavy atom. The van der Waals surface area contributed by atoms with Gasteiger partial charge in [-0.25, -0.2) is 9.97 Å². The quantitative estimate of drug-likeness (QED) is 0.799. The van der Waals surface area contributed by atoms with E-state index in [2.05, 4.69) is 20.3 Å². The van der Waals surface area contributed by atoms with Crippen molar-refractivity contribution in [3.05, 3.63) is 49.0 Å². The fourth-order valence-corrected chi connectivity index (χ4v) is 1.92. The zero-order valence-corrected chi connectivity index (χ0v) is 12.0. The molecule has 1 amide bonds. The molecule has 1 N–H and O–H groups in total. The highest BCUT2D eigenvalue weighted by atomic mass is 16.3. The molecule has 0 bridgehead atoms. The molecule has 3 rings (SSSR count).